The van der Waals surface area contributed by atoms with Crippen molar-refractivity contribution in [3.8, 4) is 11.5 Å². The molecule has 0 aliphatic carbocycles. The van der Waals surface area contributed by atoms with E-state index in [1.165, 1.54) is 46.1 Å². The van der Waals surface area contributed by atoms with E-state index in [4.69, 9.17) is 24.5 Å². The highest BCUT2D eigenvalue weighted by molar-refractivity contribution is 5.65. The van der Waals surface area contributed by atoms with Crippen molar-refractivity contribution in [1.29, 1.82) is 0 Å². The first-order valence-electron chi connectivity index (χ1n) is 12.2. The van der Waals surface area contributed by atoms with Gasteiger partial charge < -0.3 is 24.8 Å². The Morgan fingerprint density at radius 3 is 2.03 bits per heavy atom. The summed E-state index contributed by atoms with van der Waals surface area (Å²) >= 11 is 0. The second-order valence-corrected chi connectivity index (χ2v) is 7.78. The van der Waals surface area contributed by atoms with Gasteiger partial charge in [0.1, 0.15) is 6.61 Å². The standard InChI is InChI=1S/C10H12O2.C9H10O2.C8H18O.C2H4O2/c1-3-4-8-5-6-9(11)10(7-8)12-2;1-8(10)11-7-9-5-3-2-4-6-9;1-2-3-4-5-6-7-8-9;1-2(3)4/h3,5-7,11H,1,4H2,2H3;2-6H,7H2,1H3;9H,2-8H2,1H3;1H3,(H,3,4). The van der Waals surface area contributed by atoms with Crippen LogP contribution in [0.15, 0.2) is 61.2 Å². The molecule has 0 radical (unpaired) electrons. The van der Waals surface area contributed by atoms with E-state index in [-0.39, 0.29) is 11.7 Å². The van der Waals surface area contributed by atoms with Crippen molar-refractivity contribution in [3.63, 3.8) is 0 Å². The van der Waals surface area contributed by atoms with Crippen LogP contribution in [0.25, 0.3) is 0 Å². The number of aliphatic hydroxyl groups is 1. The Kier molecular flexibility index (Phi) is 24.0. The molecule has 2 rings (SSSR count). The van der Waals surface area contributed by atoms with Crippen LogP contribution in [-0.2, 0) is 27.4 Å². The molecule has 0 bridgehead atoms. The largest absolute Gasteiger partial charge is 0.504 e. The number of methoxy groups -OCH3 is 1. The van der Waals surface area contributed by atoms with Crippen LogP contribution >= 0.6 is 0 Å². The number of carboxylic acid groups (broad SMARTS) is 1. The predicted molar refractivity (Wildman–Crippen MR) is 144 cm³/mol. The molecule has 0 amide bonds. The number of unbranched alkanes of at least 4 members (excludes halogenated alkanes) is 5. The summed E-state index contributed by atoms with van der Waals surface area (Å²) in [7, 11) is 1.53. The number of aromatic hydroxyl groups is 1. The van der Waals surface area contributed by atoms with Crippen LogP contribution < -0.4 is 4.74 Å². The average molecular weight is 505 g/mol. The van der Waals surface area contributed by atoms with Gasteiger partial charge in [-0.25, -0.2) is 0 Å². The molecule has 7 heteroatoms. The summed E-state index contributed by atoms with van der Waals surface area (Å²) < 4.78 is 9.74. The minimum atomic E-state index is -0.833. The number of phenolic OH excluding ortho intramolecular Hbond substituents is 1. The zero-order valence-electron chi connectivity index (χ0n) is 22.2. The molecule has 0 heterocycles. The van der Waals surface area contributed by atoms with Gasteiger partial charge in [-0.05, 0) is 36.1 Å². The van der Waals surface area contributed by atoms with Crippen molar-refractivity contribution in [2.75, 3.05) is 13.7 Å². The second kappa shape index (κ2) is 24.8. The van der Waals surface area contributed by atoms with Gasteiger partial charge in [0.15, 0.2) is 11.5 Å². The maximum Gasteiger partial charge on any atom is 0.302 e. The molecule has 0 aromatic heterocycles. The fourth-order valence-electron chi connectivity index (χ4n) is 2.67. The maximum absolute atomic E-state index is 10.4. The summed E-state index contributed by atoms with van der Waals surface area (Å²) in [5.41, 5.74) is 2.10. The molecule has 202 valence electrons. The first-order chi connectivity index (χ1) is 17.2. The minimum Gasteiger partial charge on any atom is -0.504 e. The molecule has 0 aliphatic heterocycles. The zero-order chi connectivity index (χ0) is 27.6. The van der Waals surface area contributed by atoms with Gasteiger partial charge >= 0.3 is 5.97 Å². The first kappa shape index (κ1) is 34.8. The topological polar surface area (TPSA) is 113 Å². The number of allylic oxidation sites excluding steroid dienone is 1. The molecular formula is C29H44O7. The molecule has 0 atom stereocenters. The number of aliphatic carboxylic acids is 1. The van der Waals surface area contributed by atoms with Gasteiger partial charge in [0.2, 0.25) is 0 Å². The highest BCUT2D eigenvalue weighted by Gasteiger charge is 2.00. The highest BCUT2D eigenvalue weighted by atomic mass is 16.5. The van der Waals surface area contributed by atoms with Crippen LogP contribution in [0.5, 0.6) is 11.5 Å². The molecule has 3 N–H and O–H groups in total. The monoisotopic (exact) mass is 504 g/mol. The number of carbonyl (C=O) groups is 2. The number of phenols is 1. The van der Waals surface area contributed by atoms with E-state index in [9.17, 15) is 9.90 Å². The van der Waals surface area contributed by atoms with Crippen LogP contribution in [0, 0.1) is 0 Å². The number of benzene rings is 2. The summed E-state index contributed by atoms with van der Waals surface area (Å²) in [4.78, 5) is 19.4. The van der Waals surface area contributed by atoms with Crippen molar-refractivity contribution in [2.45, 2.75) is 72.3 Å². The van der Waals surface area contributed by atoms with Crippen LogP contribution in [0.3, 0.4) is 0 Å². The van der Waals surface area contributed by atoms with Crippen LogP contribution in [0.2, 0.25) is 0 Å². The van der Waals surface area contributed by atoms with E-state index in [0.717, 1.165) is 30.9 Å². The van der Waals surface area contributed by atoms with Crippen LogP contribution in [0.1, 0.15) is 70.4 Å². The molecule has 0 spiro atoms. The number of rotatable bonds is 11. The van der Waals surface area contributed by atoms with Gasteiger partial charge in [-0.2, -0.15) is 0 Å². The molecule has 36 heavy (non-hydrogen) atoms. The van der Waals surface area contributed by atoms with E-state index >= 15 is 0 Å². The smallest absolute Gasteiger partial charge is 0.302 e. The van der Waals surface area contributed by atoms with Crippen molar-refractivity contribution in [2.24, 2.45) is 0 Å². The average Bonchev–Trinajstić information content (AvgIpc) is 2.85. The lowest BCUT2D eigenvalue weighted by Crippen LogP contribution is -1.97. The molecule has 2 aromatic carbocycles. The van der Waals surface area contributed by atoms with Crippen molar-refractivity contribution >= 4 is 11.9 Å². The fourth-order valence-corrected chi connectivity index (χ4v) is 2.67. The van der Waals surface area contributed by atoms with E-state index in [0.29, 0.717) is 19.0 Å². The maximum atomic E-state index is 10.4. The third-order valence-corrected chi connectivity index (χ3v) is 4.42. The first-order valence-corrected chi connectivity index (χ1v) is 12.2. The Labute approximate surface area is 216 Å². The van der Waals surface area contributed by atoms with Gasteiger partial charge in [-0.3, -0.25) is 9.59 Å². The zero-order valence-corrected chi connectivity index (χ0v) is 22.2. The minimum absolute atomic E-state index is 0.172. The Morgan fingerprint density at radius 1 is 0.944 bits per heavy atom. The van der Waals surface area contributed by atoms with Crippen molar-refractivity contribution in [1.82, 2.24) is 0 Å². The second-order valence-electron chi connectivity index (χ2n) is 7.78. The SMILES string of the molecule is C=CCc1ccc(O)c(OC)c1.CC(=O)O.CC(=O)OCc1ccccc1.CCCCCCCCO. The number of carbonyl (C=O) groups excluding carboxylic acids is 1. The molecule has 2 aromatic rings. The highest BCUT2D eigenvalue weighted by Crippen LogP contribution is 2.26. The van der Waals surface area contributed by atoms with Gasteiger partial charge in [0.25, 0.3) is 5.97 Å². The van der Waals surface area contributed by atoms with Gasteiger partial charge in [0.05, 0.1) is 7.11 Å². The summed E-state index contributed by atoms with van der Waals surface area (Å²) in [5, 5.41) is 25.1. The third kappa shape index (κ3) is 23.8. The molecule has 0 fully saturated rings. The van der Waals surface area contributed by atoms with Gasteiger partial charge in [-0.1, -0.05) is 81.5 Å². The molecule has 0 saturated heterocycles. The Hall–Kier alpha value is -3.32. The van der Waals surface area contributed by atoms with E-state index in [2.05, 4.69) is 13.5 Å². The fraction of sp³-hybridized carbons (Fsp3) is 0.448. The Bertz CT molecular complexity index is 810. The Morgan fingerprint density at radius 2 is 1.53 bits per heavy atom. The summed E-state index contributed by atoms with van der Waals surface area (Å²) in [6, 6.07) is 14.9. The normalized spacial score (nSPS) is 9.14. The van der Waals surface area contributed by atoms with E-state index < -0.39 is 5.97 Å². The van der Waals surface area contributed by atoms with Crippen molar-refractivity contribution in [3.05, 3.63) is 72.3 Å². The molecule has 7 nitrogen and oxygen atoms in total. The summed E-state index contributed by atoms with van der Waals surface area (Å²) in [5.74, 6) is -0.395. The summed E-state index contributed by atoms with van der Waals surface area (Å²) in [6.45, 7) is 9.07. The van der Waals surface area contributed by atoms with Gasteiger partial charge in [0, 0.05) is 20.5 Å². The van der Waals surface area contributed by atoms with Crippen LogP contribution in [-0.4, -0.2) is 41.0 Å². The molecule has 0 unspecified atom stereocenters. The molecule has 0 saturated carbocycles. The lowest BCUT2D eigenvalue weighted by atomic mass is 10.1. The number of aliphatic hydroxyl groups excluding tert-OH is 1. The van der Waals surface area contributed by atoms with Crippen molar-refractivity contribution < 1.29 is 34.4 Å². The van der Waals surface area contributed by atoms with Crippen LogP contribution in [0.4, 0.5) is 0 Å². The molecule has 0 aliphatic rings. The number of esters is 1. The van der Waals surface area contributed by atoms with Gasteiger partial charge in [-0.15, -0.1) is 6.58 Å². The van der Waals surface area contributed by atoms with E-state index in [1.54, 1.807) is 12.1 Å². The van der Waals surface area contributed by atoms with E-state index in [1.807, 2.05) is 42.5 Å². The third-order valence-electron chi connectivity index (χ3n) is 4.42. The number of carboxylic acids is 1. The Balaban J connectivity index is 0. The number of ether oxygens (including phenoxy) is 2. The quantitative estimate of drug-likeness (QED) is 0.187. The number of hydrogen-bond donors (Lipinski definition) is 3. The lowest BCUT2D eigenvalue weighted by Gasteiger charge is -2.04. The lowest BCUT2D eigenvalue weighted by molar-refractivity contribution is -0.142. The summed E-state index contributed by atoms with van der Waals surface area (Å²) in [6.07, 6.45) is 10.1. The molecular weight excluding hydrogens is 460 g/mol. The number of hydrogen-bond acceptors (Lipinski definition) is 6. The predicted octanol–water partition coefficient (Wildman–Crippen LogP) is 6.31.